The van der Waals surface area contributed by atoms with Crippen LogP contribution in [-0.2, 0) is 6.42 Å². The number of rotatable bonds is 2. The van der Waals surface area contributed by atoms with Crippen molar-refractivity contribution in [3.63, 3.8) is 0 Å². The Balaban J connectivity index is 3.00. The molecule has 0 atom stereocenters. The van der Waals surface area contributed by atoms with Gasteiger partial charge in [0.1, 0.15) is 5.82 Å². The summed E-state index contributed by atoms with van der Waals surface area (Å²) in [6.07, 6.45) is 5.60. The first-order valence-corrected chi connectivity index (χ1v) is 4.04. The van der Waals surface area contributed by atoms with E-state index in [-0.39, 0.29) is 5.82 Å². The maximum absolute atomic E-state index is 13.3. The van der Waals surface area contributed by atoms with E-state index in [4.69, 9.17) is 6.42 Å². The zero-order valence-electron chi connectivity index (χ0n) is 7.84. The molecule has 0 spiro atoms. The fourth-order valence-electron chi connectivity index (χ4n) is 1.14. The molecule has 0 radical (unpaired) electrons. The Morgan fingerprint density at radius 3 is 2.62 bits per heavy atom. The second-order valence-corrected chi connectivity index (χ2v) is 3.06. The van der Waals surface area contributed by atoms with Crippen LogP contribution in [0.15, 0.2) is 18.2 Å². The summed E-state index contributed by atoms with van der Waals surface area (Å²) in [7, 11) is 3.61. The van der Waals surface area contributed by atoms with E-state index in [2.05, 4.69) is 5.92 Å². The molecule has 1 rings (SSSR count). The smallest absolute Gasteiger partial charge is 0.146 e. The van der Waals surface area contributed by atoms with E-state index in [9.17, 15) is 4.39 Å². The van der Waals surface area contributed by atoms with Crippen molar-refractivity contribution in [1.29, 1.82) is 0 Å². The van der Waals surface area contributed by atoms with Crippen LogP contribution >= 0.6 is 0 Å². The number of anilines is 1. The summed E-state index contributed by atoms with van der Waals surface area (Å²) < 4.78 is 13.3. The summed E-state index contributed by atoms with van der Waals surface area (Å²) in [5.74, 6) is 2.26. The third-order valence-electron chi connectivity index (χ3n) is 1.80. The molecule has 1 aromatic carbocycles. The van der Waals surface area contributed by atoms with E-state index in [1.54, 1.807) is 25.1 Å². The predicted molar refractivity (Wildman–Crippen MR) is 53.3 cm³/mol. The Hall–Kier alpha value is -1.49. The van der Waals surface area contributed by atoms with Crippen LogP contribution in [-0.4, -0.2) is 14.1 Å². The highest BCUT2D eigenvalue weighted by Crippen LogP contribution is 2.18. The van der Waals surface area contributed by atoms with Gasteiger partial charge in [-0.05, 0) is 17.7 Å². The van der Waals surface area contributed by atoms with Gasteiger partial charge in [-0.3, -0.25) is 0 Å². The van der Waals surface area contributed by atoms with Crippen molar-refractivity contribution in [2.24, 2.45) is 0 Å². The van der Waals surface area contributed by atoms with Crippen LogP contribution in [0.3, 0.4) is 0 Å². The fraction of sp³-hybridized carbons (Fsp3) is 0.273. The van der Waals surface area contributed by atoms with E-state index in [0.29, 0.717) is 12.1 Å². The number of halogens is 1. The van der Waals surface area contributed by atoms with Gasteiger partial charge in [-0.25, -0.2) is 4.39 Å². The van der Waals surface area contributed by atoms with E-state index in [1.807, 2.05) is 6.07 Å². The Morgan fingerprint density at radius 1 is 1.46 bits per heavy atom. The van der Waals surface area contributed by atoms with E-state index in [0.717, 1.165) is 5.56 Å². The Labute approximate surface area is 78.2 Å². The zero-order valence-corrected chi connectivity index (χ0v) is 7.84. The zero-order chi connectivity index (χ0) is 9.84. The molecule has 0 fully saturated rings. The van der Waals surface area contributed by atoms with Gasteiger partial charge in [-0.1, -0.05) is 6.07 Å². The molecule has 1 aromatic rings. The van der Waals surface area contributed by atoms with Gasteiger partial charge in [0.05, 0.1) is 5.69 Å². The molecule has 1 nitrogen and oxygen atoms in total. The first-order chi connectivity index (χ1) is 6.15. The Morgan fingerprint density at radius 2 is 2.15 bits per heavy atom. The lowest BCUT2D eigenvalue weighted by molar-refractivity contribution is 0.624. The highest BCUT2D eigenvalue weighted by atomic mass is 19.1. The molecular weight excluding hydrogens is 165 g/mol. The monoisotopic (exact) mass is 177 g/mol. The van der Waals surface area contributed by atoms with Crippen LogP contribution in [0.25, 0.3) is 0 Å². The van der Waals surface area contributed by atoms with Crippen molar-refractivity contribution in [3.05, 3.63) is 29.6 Å². The molecule has 0 aliphatic heterocycles. The lowest BCUT2D eigenvalue weighted by Gasteiger charge is -2.13. The van der Waals surface area contributed by atoms with Crippen molar-refractivity contribution in [2.75, 3.05) is 19.0 Å². The topological polar surface area (TPSA) is 3.24 Å². The van der Waals surface area contributed by atoms with Crippen molar-refractivity contribution < 1.29 is 4.39 Å². The largest absolute Gasteiger partial charge is 0.375 e. The summed E-state index contributed by atoms with van der Waals surface area (Å²) in [5.41, 5.74) is 1.42. The van der Waals surface area contributed by atoms with E-state index < -0.39 is 0 Å². The second-order valence-electron chi connectivity index (χ2n) is 3.06. The van der Waals surface area contributed by atoms with Crippen LogP contribution in [0.5, 0.6) is 0 Å². The van der Waals surface area contributed by atoms with Gasteiger partial charge in [0.2, 0.25) is 0 Å². The second kappa shape index (κ2) is 3.95. The molecule has 0 N–H and O–H groups in total. The molecule has 2 heteroatoms. The average molecular weight is 177 g/mol. The Kier molecular flexibility index (Phi) is 2.92. The van der Waals surface area contributed by atoms with Crippen LogP contribution < -0.4 is 4.90 Å². The normalized spacial score (nSPS) is 9.38. The molecule has 0 saturated heterocycles. The van der Waals surface area contributed by atoms with Crippen molar-refractivity contribution in [2.45, 2.75) is 6.42 Å². The van der Waals surface area contributed by atoms with Gasteiger partial charge >= 0.3 is 0 Å². The van der Waals surface area contributed by atoms with Gasteiger partial charge < -0.3 is 4.90 Å². The van der Waals surface area contributed by atoms with Crippen LogP contribution in [0.4, 0.5) is 10.1 Å². The maximum atomic E-state index is 13.3. The first-order valence-electron chi connectivity index (χ1n) is 4.04. The van der Waals surface area contributed by atoms with Gasteiger partial charge in [0.25, 0.3) is 0 Å². The summed E-state index contributed by atoms with van der Waals surface area (Å²) in [4.78, 5) is 1.73. The minimum atomic E-state index is -0.224. The molecule has 68 valence electrons. The Bertz CT molecular complexity index is 336. The van der Waals surface area contributed by atoms with Crippen LogP contribution in [0, 0.1) is 18.2 Å². The number of hydrogen-bond donors (Lipinski definition) is 0. The third-order valence-corrected chi connectivity index (χ3v) is 1.80. The van der Waals surface area contributed by atoms with Gasteiger partial charge in [-0.2, -0.15) is 0 Å². The van der Waals surface area contributed by atoms with Gasteiger partial charge in [-0.15, -0.1) is 12.3 Å². The maximum Gasteiger partial charge on any atom is 0.146 e. The molecular formula is C11H12FN. The minimum absolute atomic E-state index is 0.224. The molecule has 13 heavy (non-hydrogen) atoms. The van der Waals surface area contributed by atoms with Crippen molar-refractivity contribution in [1.82, 2.24) is 0 Å². The van der Waals surface area contributed by atoms with E-state index in [1.165, 1.54) is 6.07 Å². The minimum Gasteiger partial charge on any atom is -0.375 e. The quantitative estimate of drug-likeness (QED) is 0.625. The van der Waals surface area contributed by atoms with Gasteiger partial charge in [0, 0.05) is 20.5 Å². The van der Waals surface area contributed by atoms with Crippen molar-refractivity contribution >= 4 is 5.69 Å². The molecule has 0 heterocycles. The highest BCUT2D eigenvalue weighted by molar-refractivity contribution is 5.48. The van der Waals surface area contributed by atoms with Crippen LogP contribution in [0.2, 0.25) is 0 Å². The summed E-state index contributed by atoms with van der Waals surface area (Å²) >= 11 is 0. The molecule has 0 saturated carbocycles. The number of terminal acetylenes is 1. The lowest BCUT2D eigenvalue weighted by atomic mass is 10.1. The van der Waals surface area contributed by atoms with E-state index >= 15 is 0 Å². The average Bonchev–Trinajstić information content (AvgIpc) is 2.04. The molecule has 0 aromatic heterocycles. The highest BCUT2D eigenvalue weighted by Gasteiger charge is 2.03. The third kappa shape index (κ3) is 2.22. The first kappa shape index (κ1) is 9.60. The fourth-order valence-corrected chi connectivity index (χ4v) is 1.14. The molecule has 0 amide bonds. The van der Waals surface area contributed by atoms with Crippen LogP contribution in [0.1, 0.15) is 5.56 Å². The molecule has 0 bridgehead atoms. The van der Waals surface area contributed by atoms with Gasteiger partial charge in [0.15, 0.2) is 0 Å². The molecule has 0 aliphatic rings. The standard InChI is InChI=1S/C11H12FN/c1-4-5-9-6-7-11(13(2)3)10(12)8-9/h1,6-8H,5H2,2-3H3. The number of hydrogen-bond acceptors (Lipinski definition) is 1. The summed E-state index contributed by atoms with van der Waals surface area (Å²) in [6, 6.07) is 5.06. The van der Waals surface area contributed by atoms with Crippen molar-refractivity contribution in [3.8, 4) is 12.3 Å². The summed E-state index contributed by atoms with van der Waals surface area (Å²) in [5, 5.41) is 0. The predicted octanol–water partition coefficient (Wildman–Crippen LogP) is 2.07. The molecule has 0 aliphatic carbocycles. The number of benzene rings is 1. The summed E-state index contributed by atoms with van der Waals surface area (Å²) in [6.45, 7) is 0. The number of nitrogens with zero attached hydrogens (tertiary/aromatic N) is 1. The SMILES string of the molecule is C#CCc1ccc(N(C)C)c(F)c1. The molecule has 0 unspecified atom stereocenters. The lowest BCUT2D eigenvalue weighted by Crippen LogP contribution is -2.10.